The van der Waals surface area contributed by atoms with Gasteiger partial charge in [0, 0.05) is 11.3 Å². The Balaban J connectivity index is 2.03. The molecule has 0 N–H and O–H groups in total. The minimum atomic E-state index is -0.0178. The molecule has 0 amide bonds. The van der Waals surface area contributed by atoms with Crippen molar-refractivity contribution in [2.24, 2.45) is 5.92 Å². The second kappa shape index (κ2) is 5.63. The third-order valence-corrected chi connectivity index (χ3v) is 4.67. The molecule has 1 heterocycles. The fraction of sp³-hybridized carbons (Fsp3) is 0.412. The van der Waals surface area contributed by atoms with Gasteiger partial charge in [-0.05, 0) is 30.4 Å². The highest BCUT2D eigenvalue weighted by atomic mass is 35.5. The molecule has 20 heavy (non-hydrogen) atoms. The van der Waals surface area contributed by atoms with E-state index < -0.39 is 0 Å². The molecule has 106 valence electrons. The predicted octanol–water partition coefficient (Wildman–Crippen LogP) is 4.55. The van der Waals surface area contributed by atoms with E-state index in [9.17, 15) is 0 Å². The lowest BCUT2D eigenvalue weighted by atomic mass is 9.92. The summed E-state index contributed by atoms with van der Waals surface area (Å²) in [6.07, 6.45) is 1.33. The zero-order chi connectivity index (χ0) is 14.1. The first-order chi connectivity index (χ1) is 9.70. The first kappa shape index (κ1) is 13.7. The molecule has 1 saturated heterocycles. The molecule has 3 unspecified atom stereocenters. The van der Waals surface area contributed by atoms with Crippen LogP contribution >= 0.6 is 11.6 Å². The molecular formula is C17H19ClO2. The topological polar surface area (TPSA) is 18.5 Å². The van der Waals surface area contributed by atoms with Crippen LogP contribution in [0.2, 0.25) is 0 Å². The molecular weight excluding hydrogens is 272 g/mol. The van der Waals surface area contributed by atoms with Crippen molar-refractivity contribution in [3.8, 4) is 5.75 Å². The highest BCUT2D eigenvalue weighted by molar-refractivity contribution is 6.22. The minimum absolute atomic E-state index is 0.0178. The summed E-state index contributed by atoms with van der Waals surface area (Å²) < 4.78 is 11.1. The van der Waals surface area contributed by atoms with Gasteiger partial charge < -0.3 is 9.47 Å². The lowest BCUT2D eigenvalue weighted by Gasteiger charge is -2.19. The van der Waals surface area contributed by atoms with Crippen LogP contribution in [0.25, 0.3) is 10.8 Å². The Morgan fingerprint density at radius 3 is 2.60 bits per heavy atom. The van der Waals surface area contributed by atoms with Gasteiger partial charge in [-0.25, -0.2) is 0 Å². The number of hydrogen-bond acceptors (Lipinski definition) is 2. The van der Waals surface area contributed by atoms with Crippen LogP contribution in [-0.4, -0.2) is 19.8 Å². The average Bonchev–Trinajstić information content (AvgIpc) is 2.92. The Hall–Kier alpha value is -1.25. The first-order valence-electron chi connectivity index (χ1n) is 7.02. The van der Waals surface area contributed by atoms with E-state index >= 15 is 0 Å². The van der Waals surface area contributed by atoms with Crippen LogP contribution in [0.3, 0.4) is 0 Å². The summed E-state index contributed by atoms with van der Waals surface area (Å²) in [6, 6.07) is 12.4. The highest BCUT2D eigenvalue weighted by Gasteiger charge is 2.30. The first-order valence-corrected chi connectivity index (χ1v) is 7.45. The maximum Gasteiger partial charge on any atom is 0.126 e. The Kier molecular flexibility index (Phi) is 3.86. The van der Waals surface area contributed by atoms with Gasteiger partial charge in [0.25, 0.3) is 0 Å². The van der Waals surface area contributed by atoms with Crippen molar-refractivity contribution in [2.75, 3.05) is 13.7 Å². The Morgan fingerprint density at radius 1 is 1.20 bits per heavy atom. The van der Waals surface area contributed by atoms with Crippen LogP contribution in [0.1, 0.15) is 24.3 Å². The summed E-state index contributed by atoms with van der Waals surface area (Å²) in [7, 11) is 1.70. The average molecular weight is 291 g/mol. The van der Waals surface area contributed by atoms with Gasteiger partial charge in [0.1, 0.15) is 5.75 Å². The van der Waals surface area contributed by atoms with E-state index in [4.69, 9.17) is 21.1 Å². The minimum Gasteiger partial charge on any atom is -0.496 e. The van der Waals surface area contributed by atoms with E-state index in [1.807, 2.05) is 18.2 Å². The molecule has 3 heteroatoms. The molecule has 0 radical (unpaired) electrons. The summed E-state index contributed by atoms with van der Waals surface area (Å²) in [5.74, 6) is 1.27. The molecule has 1 aliphatic heterocycles. The lowest BCUT2D eigenvalue weighted by Crippen LogP contribution is -2.08. The molecule has 3 rings (SSSR count). The quantitative estimate of drug-likeness (QED) is 0.772. The van der Waals surface area contributed by atoms with Gasteiger partial charge in [0.2, 0.25) is 0 Å². The Morgan fingerprint density at radius 2 is 1.95 bits per heavy atom. The molecule has 0 bridgehead atoms. The van der Waals surface area contributed by atoms with E-state index in [2.05, 4.69) is 25.1 Å². The van der Waals surface area contributed by atoms with Crippen molar-refractivity contribution in [3.63, 3.8) is 0 Å². The van der Waals surface area contributed by atoms with Crippen molar-refractivity contribution >= 4 is 22.4 Å². The molecule has 3 atom stereocenters. The van der Waals surface area contributed by atoms with Crippen LogP contribution in [0.4, 0.5) is 0 Å². The van der Waals surface area contributed by atoms with Gasteiger partial charge in [0.15, 0.2) is 0 Å². The molecule has 2 aromatic carbocycles. The van der Waals surface area contributed by atoms with Crippen molar-refractivity contribution in [3.05, 3.63) is 42.0 Å². The zero-order valence-corrected chi connectivity index (χ0v) is 12.6. The number of rotatable bonds is 3. The van der Waals surface area contributed by atoms with E-state index in [1.54, 1.807) is 7.11 Å². The maximum absolute atomic E-state index is 6.73. The van der Waals surface area contributed by atoms with Crippen LogP contribution in [-0.2, 0) is 4.74 Å². The van der Waals surface area contributed by atoms with Gasteiger partial charge in [-0.2, -0.15) is 0 Å². The SMILES string of the molecule is COc1ccc(C(Cl)C2COC(C)C2)c2ccccc12. The molecule has 2 nitrogen and oxygen atoms in total. The van der Waals surface area contributed by atoms with E-state index in [1.165, 1.54) is 10.9 Å². The predicted molar refractivity (Wildman–Crippen MR) is 82.6 cm³/mol. The fourth-order valence-electron chi connectivity index (χ4n) is 3.02. The van der Waals surface area contributed by atoms with Crippen LogP contribution in [0, 0.1) is 5.92 Å². The molecule has 1 aliphatic rings. The maximum atomic E-state index is 6.73. The van der Waals surface area contributed by atoms with E-state index in [0.29, 0.717) is 12.0 Å². The summed E-state index contributed by atoms with van der Waals surface area (Å²) in [6.45, 7) is 2.85. The lowest BCUT2D eigenvalue weighted by molar-refractivity contribution is 0.120. The van der Waals surface area contributed by atoms with E-state index in [-0.39, 0.29) is 5.38 Å². The Labute approximate surface area is 124 Å². The van der Waals surface area contributed by atoms with Crippen molar-refractivity contribution in [2.45, 2.75) is 24.8 Å². The van der Waals surface area contributed by atoms with Gasteiger partial charge in [0.05, 0.1) is 25.2 Å². The standard InChI is InChI=1S/C17H19ClO2/c1-11-9-12(10-20-11)17(18)15-7-8-16(19-2)14-6-4-3-5-13(14)15/h3-8,11-12,17H,9-10H2,1-2H3. The van der Waals surface area contributed by atoms with Gasteiger partial charge in [-0.1, -0.05) is 30.3 Å². The largest absolute Gasteiger partial charge is 0.496 e. The van der Waals surface area contributed by atoms with Crippen LogP contribution < -0.4 is 4.74 Å². The van der Waals surface area contributed by atoms with Crippen molar-refractivity contribution in [1.29, 1.82) is 0 Å². The third-order valence-electron chi connectivity index (χ3n) is 4.08. The molecule has 2 aromatic rings. The second-order valence-corrected chi connectivity index (χ2v) is 5.91. The second-order valence-electron chi connectivity index (χ2n) is 5.44. The fourth-order valence-corrected chi connectivity index (χ4v) is 3.39. The van der Waals surface area contributed by atoms with Gasteiger partial charge >= 0.3 is 0 Å². The van der Waals surface area contributed by atoms with Gasteiger partial charge in [-0.3, -0.25) is 0 Å². The molecule has 0 aromatic heterocycles. The number of halogens is 1. The molecule has 0 spiro atoms. The van der Waals surface area contributed by atoms with Crippen molar-refractivity contribution in [1.82, 2.24) is 0 Å². The number of benzene rings is 2. The molecule has 0 saturated carbocycles. The molecule has 1 fully saturated rings. The summed E-state index contributed by atoms with van der Waals surface area (Å²) in [4.78, 5) is 0. The summed E-state index contributed by atoms with van der Waals surface area (Å²) >= 11 is 6.73. The summed E-state index contributed by atoms with van der Waals surface area (Å²) in [5, 5.41) is 2.27. The number of methoxy groups -OCH3 is 1. The summed E-state index contributed by atoms with van der Waals surface area (Å²) in [5.41, 5.74) is 1.17. The smallest absolute Gasteiger partial charge is 0.126 e. The van der Waals surface area contributed by atoms with E-state index in [0.717, 1.165) is 24.2 Å². The zero-order valence-electron chi connectivity index (χ0n) is 11.8. The normalized spacial score (nSPS) is 23.9. The van der Waals surface area contributed by atoms with Gasteiger partial charge in [-0.15, -0.1) is 11.6 Å². The number of hydrogen-bond donors (Lipinski definition) is 0. The number of ether oxygens (including phenoxy) is 2. The van der Waals surface area contributed by atoms with Crippen LogP contribution in [0.5, 0.6) is 5.75 Å². The third kappa shape index (κ3) is 2.38. The van der Waals surface area contributed by atoms with Crippen LogP contribution in [0.15, 0.2) is 36.4 Å². The monoisotopic (exact) mass is 290 g/mol. The molecule has 0 aliphatic carbocycles. The highest BCUT2D eigenvalue weighted by Crippen LogP contribution is 2.41. The number of fused-ring (bicyclic) bond motifs is 1. The number of alkyl halides is 1. The Bertz CT molecular complexity index is 611. The van der Waals surface area contributed by atoms with Crippen molar-refractivity contribution < 1.29 is 9.47 Å².